The smallest absolute Gasteiger partial charge is 0.151 e. The van der Waals surface area contributed by atoms with Gasteiger partial charge in [0, 0.05) is 32.2 Å². The summed E-state index contributed by atoms with van der Waals surface area (Å²) in [7, 11) is -2.82. The molecule has 2 aromatic rings. The fourth-order valence-electron chi connectivity index (χ4n) is 4.31. The molecular weight excluding hydrogens is 344 g/mol. The molecular formula is C21H26N2O2S. The fraction of sp³-hybridized carbons (Fsp3) is 0.429. The second-order valence-electron chi connectivity index (χ2n) is 7.35. The van der Waals surface area contributed by atoms with Crippen molar-refractivity contribution in [3.63, 3.8) is 0 Å². The van der Waals surface area contributed by atoms with Gasteiger partial charge in [0.25, 0.3) is 0 Å². The standard InChI is InChI=1S/C21H26N2O2S/c24-26(25)16-11-20(17-26)22-12-14-23(15-13-22)21(18-7-3-1-4-8-18)19-9-5-2-6-10-19/h1-10,20-21H,11-17H2. The zero-order valence-electron chi connectivity index (χ0n) is 15.0. The fourth-order valence-corrected chi connectivity index (χ4v) is 6.07. The van der Waals surface area contributed by atoms with Gasteiger partial charge in [0.15, 0.2) is 9.84 Å². The topological polar surface area (TPSA) is 40.6 Å². The first-order valence-corrected chi connectivity index (χ1v) is 11.2. The van der Waals surface area contributed by atoms with Gasteiger partial charge in [0.05, 0.1) is 17.5 Å². The van der Waals surface area contributed by atoms with Crippen LogP contribution >= 0.6 is 0 Å². The molecule has 138 valence electrons. The van der Waals surface area contributed by atoms with Crippen molar-refractivity contribution in [3.05, 3.63) is 71.8 Å². The van der Waals surface area contributed by atoms with E-state index in [2.05, 4.69) is 70.5 Å². The van der Waals surface area contributed by atoms with Crippen molar-refractivity contribution in [2.75, 3.05) is 37.7 Å². The van der Waals surface area contributed by atoms with Crippen molar-refractivity contribution in [2.45, 2.75) is 18.5 Å². The molecule has 0 amide bonds. The Morgan fingerprint density at radius 1 is 0.808 bits per heavy atom. The number of rotatable bonds is 4. The Bertz CT molecular complexity index is 776. The van der Waals surface area contributed by atoms with E-state index in [9.17, 15) is 8.42 Å². The van der Waals surface area contributed by atoms with Crippen molar-refractivity contribution in [2.24, 2.45) is 0 Å². The second kappa shape index (κ2) is 7.51. The summed E-state index contributed by atoms with van der Waals surface area (Å²) < 4.78 is 23.6. The van der Waals surface area contributed by atoms with Gasteiger partial charge in [-0.2, -0.15) is 0 Å². The van der Waals surface area contributed by atoms with Crippen molar-refractivity contribution in [1.82, 2.24) is 9.80 Å². The van der Waals surface area contributed by atoms with E-state index in [1.165, 1.54) is 11.1 Å². The predicted molar refractivity (Wildman–Crippen MR) is 105 cm³/mol. The first-order valence-electron chi connectivity index (χ1n) is 9.41. The summed E-state index contributed by atoms with van der Waals surface area (Å²) in [6.07, 6.45) is 0.795. The number of piperazine rings is 1. The Morgan fingerprint density at radius 3 is 1.81 bits per heavy atom. The van der Waals surface area contributed by atoms with E-state index in [0.717, 1.165) is 32.6 Å². The summed E-state index contributed by atoms with van der Waals surface area (Å²) >= 11 is 0. The van der Waals surface area contributed by atoms with Gasteiger partial charge in [0.1, 0.15) is 0 Å². The third kappa shape index (κ3) is 3.85. The molecule has 4 rings (SSSR count). The molecule has 2 aliphatic rings. The van der Waals surface area contributed by atoms with Crippen LogP contribution in [0.5, 0.6) is 0 Å². The van der Waals surface area contributed by atoms with E-state index >= 15 is 0 Å². The molecule has 2 saturated heterocycles. The summed E-state index contributed by atoms with van der Waals surface area (Å²) in [6, 6.07) is 21.8. The Labute approximate surface area is 156 Å². The van der Waals surface area contributed by atoms with E-state index in [0.29, 0.717) is 11.5 Å². The molecule has 0 spiro atoms. The first kappa shape index (κ1) is 17.7. The van der Waals surface area contributed by atoms with Crippen molar-refractivity contribution in [1.29, 1.82) is 0 Å². The summed E-state index contributed by atoms with van der Waals surface area (Å²) in [5.41, 5.74) is 2.63. The maximum atomic E-state index is 11.8. The molecule has 26 heavy (non-hydrogen) atoms. The molecule has 0 aliphatic carbocycles. The van der Waals surface area contributed by atoms with Crippen LogP contribution in [0.25, 0.3) is 0 Å². The normalized spacial score (nSPS) is 24.1. The van der Waals surface area contributed by atoms with Crippen molar-refractivity contribution < 1.29 is 8.42 Å². The Balaban J connectivity index is 1.50. The van der Waals surface area contributed by atoms with Crippen LogP contribution in [0, 0.1) is 0 Å². The average Bonchev–Trinajstić information content (AvgIpc) is 3.04. The lowest BCUT2D eigenvalue weighted by atomic mass is 9.96. The van der Waals surface area contributed by atoms with E-state index in [1.807, 2.05) is 0 Å². The number of hydrogen-bond acceptors (Lipinski definition) is 4. The highest BCUT2D eigenvalue weighted by atomic mass is 32.2. The highest BCUT2D eigenvalue weighted by Crippen LogP contribution is 2.30. The van der Waals surface area contributed by atoms with Gasteiger partial charge in [-0.05, 0) is 17.5 Å². The molecule has 0 N–H and O–H groups in total. The van der Waals surface area contributed by atoms with Crippen LogP contribution < -0.4 is 0 Å². The highest BCUT2D eigenvalue weighted by molar-refractivity contribution is 7.91. The molecule has 1 unspecified atom stereocenters. The van der Waals surface area contributed by atoms with Gasteiger partial charge in [-0.3, -0.25) is 9.80 Å². The molecule has 0 bridgehead atoms. The zero-order valence-corrected chi connectivity index (χ0v) is 15.8. The van der Waals surface area contributed by atoms with Crippen molar-refractivity contribution >= 4 is 9.84 Å². The van der Waals surface area contributed by atoms with Crippen LogP contribution in [0.4, 0.5) is 0 Å². The molecule has 2 heterocycles. The molecule has 0 aromatic heterocycles. The maximum Gasteiger partial charge on any atom is 0.151 e. The molecule has 5 heteroatoms. The lowest BCUT2D eigenvalue weighted by molar-refractivity contribution is 0.0860. The summed E-state index contributed by atoms with van der Waals surface area (Å²) in [6.45, 7) is 3.81. The maximum absolute atomic E-state index is 11.8. The van der Waals surface area contributed by atoms with Gasteiger partial charge in [0.2, 0.25) is 0 Å². The summed E-state index contributed by atoms with van der Waals surface area (Å²) in [5, 5.41) is 0. The van der Waals surface area contributed by atoms with Gasteiger partial charge >= 0.3 is 0 Å². The quantitative estimate of drug-likeness (QED) is 0.829. The number of sulfone groups is 1. The van der Waals surface area contributed by atoms with Crippen LogP contribution in [0.3, 0.4) is 0 Å². The molecule has 4 nitrogen and oxygen atoms in total. The first-order chi connectivity index (χ1) is 12.6. The minimum atomic E-state index is -2.82. The average molecular weight is 371 g/mol. The van der Waals surface area contributed by atoms with Gasteiger partial charge in [-0.1, -0.05) is 60.7 Å². The lowest BCUT2D eigenvalue weighted by Gasteiger charge is -2.41. The molecule has 2 aliphatic heterocycles. The minimum Gasteiger partial charge on any atom is -0.297 e. The van der Waals surface area contributed by atoms with Crippen LogP contribution in [0.15, 0.2) is 60.7 Å². The Hall–Kier alpha value is -1.69. The lowest BCUT2D eigenvalue weighted by Crippen LogP contribution is -2.51. The Kier molecular flexibility index (Phi) is 5.11. The van der Waals surface area contributed by atoms with Gasteiger partial charge in [-0.15, -0.1) is 0 Å². The summed E-state index contributed by atoms with van der Waals surface area (Å²) in [5.74, 6) is 0.697. The van der Waals surface area contributed by atoms with Gasteiger partial charge < -0.3 is 0 Å². The van der Waals surface area contributed by atoms with E-state index in [4.69, 9.17) is 0 Å². The number of hydrogen-bond donors (Lipinski definition) is 0. The molecule has 2 aromatic carbocycles. The van der Waals surface area contributed by atoms with E-state index in [1.54, 1.807) is 0 Å². The third-order valence-corrected chi connectivity index (χ3v) is 7.42. The second-order valence-corrected chi connectivity index (χ2v) is 9.58. The van der Waals surface area contributed by atoms with E-state index < -0.39 is 9.84 Å². The SMILES string of the molecule is O=S1(=O)CCC(N2CCN(C(c3ccccc3)c3ccccc3)CC2)C1. The predicted octanol–water partition coefficient (Wildman–Crippen LogP) is 2.58. The van der Waals surface area contributed by atoms with Crippen LogP contribution in [0.2, 0.25) is 0 Å². The minimum absolute atomic E-state index is 0.217. The number of nitrogens with zero attached hydrogens (tertiary/aromatic N) is 2. The van der Waals surface area contributed by atoms with E-state index in [-0.39, 0.29) is 12.1 Å². The third-order valence-electron chi connectivity index (χ3n) is 5.67. The molecule has 0 saturated carbocycles. The van der Waals surface area contributed by atoms with Crippen LogP contribution in [-0.2, 0) is 9.84 Å². The zero-order chi connectivity index (χ0) is 18.0. The van der Waals surface area contributed by atoms with Gasteiger partial charge in [-0.25, -0.2) is 8.42 Å². The summed E-state index contributed by atoms with van der Waals surface area (Å²) in [4.78, 5) is 4.92. The van der Waals surface area contributed by atoms with Crippen molar-refractivity contribution in [3.8, 4) is 0 Å². The molecule has 1 atom stereocenters. The van der Waals surface area contributed by atoms with Crippen LogP contribution in [0.1, 0.15) is 23.6 Å². The number of benzene rings is 2. The highest BCUT2D eigenvalue weighted by Gasteiger charge is 2.35. The Morgan fingerprint density at radius 2 is 1.35 bits per heavy atom. The molecule has 0 radical (unpaired) electrons. The molecule has 2 fully saturated rings. The van der Waals surface area contributed by atoms with Crippen LogP contribution in [-0.4, -0.2) is 61.9 Å². The monoisotopic (exact) mass is 370 g/mol. The largest absolute Gasteiger partial charge is 0.297 e.